The summed E-state index contributed by atoms with van der Waals surface area (Å²) in [6.07, 6.45) is 4.54. The number of benzene rings is 2. The van der Waals surface area contributed by atoms with Crippen LogP contribution in [0.2, 0.25) is 0 Å². The van der Waals surface area contributed by atoms with Crippen LogP contribution in [-0.2, 0) is 0 Å². The summed E-state index contributed by atoms with van der Waals surface area (Å²) in [5, 5.41) is 3.92. The van der Waals surface area contributed by atoms with Crippen molar-refractivity contribution in [1.82, 2.24) is 14.8 Å². The predicted molar refractivity (Wildman–Crippen MR) is 90.8 cm³/mol. The molecule has 4 rings (SSSR count). The van der Waals surface area contributed by atoms with E-state index in [1.54, 1.807) is 30.0 Å². The molecule has 0 saturated heterocycles. The molecule has 118 valence electrons. The Morgan fingerprint density at radius 3 is 2.88 bits per heavy atom. The number of ketones is 1. The number of hydrogen-bond donors (Lipinski definition) is 0. The summed E-state index contributed by atoms with van der Waals surface area (Å²) in [5.74, 6) is 0.179. The monoisotopic (exact) mass is 337 g/mol. The molecule has 1 aromatic heterocycles. The van der Waals surface area contributed by atoms with Gasteiger partial charge in [-0.3, -0.25) is 4.79 Å². The molecule has 2 heterocycles. The summed E-state index contributed by atoms with van der Waals surface area (Å²) < 4.78 is 15.7. The molecule has 0 bridgehead atoms. The van der Waals surface area contributed by atoms with Gasteiger partial charge in [0, 0.05) is 21.8 Å². The summed E-state index contributed by atoms with van der Waals surface area (Å²) in [7, 11) is 0. The van der Waals surface area contributed by atoms with Gasteiger partial charge in [0.05, 0.1) is 0 Å². The molecule has 0 N–H and O–H groups in total. The van der Waals surface area contributed by atoms with Crippen LogP contribution in [0.15, 0.2) is 65.6 Å². The zero-order valence-electron chi connectivity index (χ0n) is 12.5. The van der Waals surface area contributed by atoms with Crippen LogP contribution < -0.4 is 0 Å². The van der Waals surface area contributed by atoms with Crippen molar-refractivity contribution in [2.75, 3.05) is 5.75 Å². The van der Waals surface area contributed by atoms with Gasteiger partial charge in [0.2, 0.25) is 0 Å². The molecule has 3 aromatic rings. The fraction of sp³-hybridized carbons (Fsp3) is 0.0556. The molecule has 0 spiro atoms. The standard InChI is InChI=1S/C18H12FN3OS/c19-15-8-12(5-6-16(15)22-11-20-10-21-22)7-13-9-24-17-4-2-1-3-14(17)18(13)23/h1-8,10-11H,9H2. The summed E-state index contributed by atoms with van der Waals surface area (Å²) in [5.41, 5.74) is 2.36. The Labute approximate surface area is 142 Å². The van der Waals surface area contributed by atoms with Gasteiger partial charge in [-0.25, -0.2) is 14.1 Å². The molecule has 0 aliphatic carbocycles. The number of rotatable bonds is 2. The number of fused-ring (bicyclic) bond motifs is 1. The SMILES string of the molecule is O=C1C(=Cc2ccc(-n3cncn3)c(F)c2)CSc2ccccc21. The average molecular weight is 337 g/mol. The predicted octanol–water partition coefficient (Wildman–Crippen LogP) is 3.78. The average Bonchev–Trinajstić information content (AvgIpc) is 3.12. The van der Waals surface area contributed by atoms with Crippen molar-refractivity contribution in [3.63, 3.8) is 0 Å². The Balaban J connectivity index is 1.67. The van der Waals surface area contributed by atoms with Crippen molar-refractivity contribution < 1.29 is 9.18 Å². The number of carbonyl (C=O) groups is 1. The Hall–Kier alpha value is -2.73. The minimum atomic E-state index is -0.411. The van der Waals surface area contributed by atoms with E-state index in [4.69, 9.17) is 0 Å². The van der Waals surface area contributed by atoms with E-state index in [9.17, 15) is 9.18 Å². The summed E-state index contributed by atoms with van der Waals surface area (Å²) in [4.78, 5) is 17.4. The minimum Gasteiger partial charge on any atom is -0.289 e. The second kappa shape index (κ2) is 6.05. The Morgan fingerprint density at radius 2 is 2.08 bits per heavy atom. The van der Waals surface area contributed by atoms with Gasteiger partial charge < -0.3 is 0 Å². The Bertz CT molecular complexity index is 951. The summed E-state index contributed by atoms with van der Waals surface area (Å²) in [6.45, 7) is 0. The fourth-order valence-electron chi connectivity index (χ4n) is 2.61. The number of Topliss-reactive ketones (excluding diaryl/α,β-unsaturated/α-hetero) is 1. The van der Waals surface area contributed by atoms with Crippen LogP contribution in [0.4, 0.5) is 4.39 Å². The molecule has 0 fully saturated rings. The van der Waals surface area contributed by atoms with Gasteiger partial charge in [-0.2, -0.15) is 5.10 Å². The van der Waals surface area contributed by atoms with Crippen LogP contribution in [0.3, 0.4) is 0 Å². The zero-order valence-corrected chi connectivity index (χ0v) is 13.3. The Morgan fingerprint density at radius 1 is 1.21 bits per heavy atom. The molecular formula is C18H12FN3OS. The molecule has 4 nitrogen and oxygen atoms in total. The molecule has 0 saturated carbocycles. The van der Waals surface area contributed by atoms with Crippen LogP contribution in [0.5, 0.6) is 0 Å². The van der Waals surface area contributed by atoms with Crippen LogP contribution >= 0.6 is 11.8 Å². The number of hydrogen-bond acceptors (Lipinski definition) is 4. The van der Waals surface area contributed by atoms with Crippen LogP contribution in [0, 0.1) is 5.82 Å². The molecule has 6 heteroatoms. The highest BCUT2D eigenvalue weighted by Gasteiger charge is 2.21. The first-order chi connectivity index (χ1) is 11.7. The number of thioether (sulfide) groups is 1. The number of halogens is 1. The van der Waals surface area contributed by atoms with Gasteiger partial charge in [0.15, 0.2) is 5.78 Å². The third-order valence-electron chi connectivity index (χ3n) is 3.78. The molecule has 24 heavy (non-hydrogen) atoms. The summed E-state index contributed by atoms with van der Waals surface area (Å²) >= 11 is 1.62. The largest absolute Gasteiger partial charge is 0.289 e. The zero-order chi connectivity index (χ0) is 16.5. The normalized spacial score (nSPS) is 15.5. The lowest BCUT2D eigenvalue weighted by molar-refractivity contribution is 0.103. The number of aromatic nitrogens is 3. The van der Waals surface area contributed by atoms with E-state index in [0.717, 1.165) is 4.90 Å². The molecule has 0 amide bonds. The van der Waals surface area contributed by atoms with Gasteiger partial charge in [-0.05, 0) is 35.9 Å². The van der Waals surface area contributed by atoms with Crippen LogP contribution in [-0.4, -0.2) is 26.3 Å². The quantitative estimate of drug-likeness (QED) is 0.668. The summed E-state index contributed by atoms with van der Waals surface area (Å²) in [6, 6.07) is 12.4. The third-order valence-corrected chi connectivity index (χ3v) is 4.91. The first-order valence-corrected chi connectivity index (χ1v) is 8.32. The van der Waals surface area contributed by atoms with Gasteiger partial charge in [0.1, 0.15) is 24.2 Å². The van der Waals surface area contributed by atoms with Crippen molar-refractivity contribution in [3.05, 3.63) is 77.6 Å². The molecular weight excluding hydrogens is 325 g/mol. The van der Waals surface area contributed by atoms with Crippen LogP contribution in [0.25, 0.3) is 11.8 Å². The maximum absolute atomic E-state index is 14.3. The third kappa shape index (κ3) is 2.65. The second-order valence-corrected chi connectivity index (χ2v) is 6.35. The number of carbonyl (C=O) groups excluding carboxylic acids is 1. The van der Waals surface area contributed by atoms with E-state index in [2.05, 4.69) is 10.1 Å². The Kier molecular flexibility index (Phi) is 3.74. The number of nitrogens with zero attached hydrogens (tertiary/aromatic N) is 3. The van der Waals surface area contributed by atoms with Crippen molar-refractivity contribution >= 4 is 23.6 Å². The van der Waals surface area contributed by atoms with Crippen molar-refractivity contribution in [2.24, 2.45) is 0 Å². The van der Waals surface area contributed by atoms with Gasteiger partial charge in [0.25, 0.3) is 0 Å². The molecule has 1 aliphatic heterocycles. The maximum atomic E-state index is 14.3. The molecule has 1 aliphatic rings. The first kappa shape index (κ1) is 14.8. The second-order valence-electron chi connectivity index (χ2n) is 5.33. The van der Waals surface area contributed by atoms with E-state index in [-0.39, 0.29) is 5.78 Å². The lowest BCUT2D eigenvalue weighted by Gasteiger charge is -2.16. The molecule has 0 radical (unpaired) electrons. The van der Waals surface area contributed by atoms with Crippen molar-refractivity contribution in [3.8, 4) is 5.69 Å². The van der Waals surface area contributed by atoms with E-state index >= 15 is 0 Å². The van der Waals surface area contributed by atoms with E-state index in [1.807, 2.05) is 24.3 Å². The van der Waals surface area contributed by atoms with E-state index < -0.39 is 5.82 Å². The smallest absolute Gasteiger partial charge is 0.191 e. The lowest BCUT2D eigenvalue weighted by Crippen LogP contribution is -2.12. The van der Waals surface area contributed by atoms with Gasteiger partial charge >= 0.3 is 0 Å². The van der Waals surface area contributed by atoms with Crippen molar-refractivity contribution in [2.45, 2.75) is 4.90 Å². The highest BCUT2D eigenvalue weighted by atomic mass is 32.2. The highest BCUT2D eigenvalue weighted by molar-refractivity contribution is 7.99. The maximum Gasteiger partial charge on any atom is 0.191 e. The lowest BCUT2D eigenvalue weighted by atomic mass is 10.0. The van der Waals surface area contributed by atoms with Gasteiger partial charge in [-0.15, -0.1) is 11.8 Å². The van der Waals surface area contributed by atoms with E-state index in [1.165, 1.54) is 23.4 Å². The van der Waals surface area contributed by atoms with Crippen LogP contribution in [0.1, 0.15) is 15.9 Å². The topological polar surface area (TPSA) is 47.8 Å². The fourth-order valence-corrected chi connectivity index (χ4v) is 3.63. The first-order valence-electron chi connectivity index (χ1n) is 7.34. The molecule has 0 unspecified atom stereocenters. The van der Waals surface area contributed by atoms with E-state index in [0.29, 0.717) is 28.1 Å². The van der Waals surface area contributed by atoms with Crippen molar-refractivity contribution in [1.29, 1.82) is 0 Å². The van der Waals surface area contributed by atoms with Gasteiger partial charge in [-0.1, -0.05) is 18.2 Å². The molecule has 0 atom stereocenters. The minimum absolute atomic E-state index is 0.00473. The highest BCUT2D eigenvalue weighted by Crippen LogP contribution is 2.33. The molecule has 2 aromatic carbocycles.